The summed E-state index contributed by atoms with van der Waals surface area (Å²) >= 11 is 0. The first kappa shape index (κ1) is 23.7. The maximum Gasteiger partial charge on any atom is 0.251 e. The molecule has 8 nitrogen and oxygen atoms in total. The van der Waals surface area contributed by atoms with Gasteiger partial charge in [-0.3, -0.25) is 9.69 Å². The summed E-state index contributed by atoms with van der Waals surface area (Å²) in [5, 5.41) is 3.11. The molecule has 0 unspecified atom stereocenters. The van der Waals surface area contributed by atoms with Crippen LogP contribution < -0.4 is 10.1 Å². The van der Waals surface area contributed by atoms with Gasteiger partial charge in [-0.25, -0.2) is 8.42 Å². The molecule has 9 heteroatoms. The lowest BCUT2D eigenvalue weighted by Gasteiger charge is -2.31. The van der Waals surface area contributed by atoms with Crippen molar-refractivity contribution >= 4 is 15.9 Å². The zero-order chi connectivity index (χ0) is 23.3. The molecule has 33 heavy (non-hydrogen) atoms. The third-order valence-electron chi connectivity index (χ3n) is 6.16. The van der Waals surface area contributed by atoms with Crippen LogP contribution in [0.15, 0.2) is 53.4 Å². The van der Waals surface area contributed by atoms with E-state index in [0.717, 1.165) is 31.5 Å². The van der Waals surface area contributed by atoms with Gasteiger partial charge in [0, 0.05) is 38.3 Å². The van der Waals surface area contributed by atoms with Crippen LogP contribution in [0.1, 0.15) is 34.8 Å². The minimum absolute atomic E-state index is 0.0315. The SMILES string of the molecule is COc1ccc(C(=O)N[C@@H](CN2CCOCC2)c2ccccc2)cc1S(=O)(=O)N1CCCC1. The Morgan fingerprint density at radius 3 is 2.42 bits per heavy atom. The van der Waals surface area contributed by atoms with Gasteiger partial charge in [-0.05, 0) is 36.6 Å². The average molecular weight is 474 g/mol. The number of morpholine rings is 1. The predicted molar refractivity (Wildman–Crippen MR) is 125 cm³/mol. The minimum atomic E-state index is -3.73. The summed E-state index contributed by atoms with van der Waals surface area (Å²) in [6.07, 6.45) is 1.67. The van der Waals surface area contributed by atoms with Crippen LogP contribution in [0.25, 0.3) is 0 Å². The summed E-state index contributed by atoms with van der Waals surface area (Å²) in [6.45, 7) is 4.57. The van der Waals surface area contributed by atoms with Crippen molar-refractivity contribution in [2.75, 3.05) is 53.0 Å². The minimum Gasteiger partial charge on any atom is -0.495 e. The Morgan fingerprint density at radius 2 is 1.76 bits per heavy atom. The monoisotopic (exact) mass is 473 g/mol. The van der Waals surface area contributed by atoms with Gasteiger partial charge < -0.3 is 14.8 Å². The van der Waals surface area contributed by atoms with Crippen LogP contribution in [0.2, 0.25) is 0 Å². The Bertz CT molecular complexity index is 1050. The molecule has 2 aliphatic heterocycles. The van der Waals surface area contributed by atoms with Gasteiger partial charge in [-0.1, -0.05) is 30.3 Å². The van der Waals surface area contributed by atoms with E-state index < -0.39 is 10.0 Å². The lowest BCUT2D eigenvalue weighted by atomic mass is 10.1. The number of carbonyl (C=O) groups excluding carboxylic acids is 1. The van der Waals surface area contributed by atoms with Crippen LogP contribution in [0.5, 0.6) is 5.75 Å². The number of rotatable bonds is 8. The standard InChI is InChI=1S/C24H31N3O5S/c1-31-22-10-9-20(17-23(22)33(29,30)27-11-5-6-12-27)24(28)25-21(19-7-3-2-4-8-19)18-26-13-15-32-16-14-26/h2-4,7-10,17,21H,5-6,11-16,18H2,1H3,(H,25,28)/t21-/m0/s1. The zero-order valence-corrected chi connectivity index (χ0v) is 19.7. The van der Waals surface area contributed by atoms with Crippen molar-refractivity contribution in [1.29, 1.82) is 0 Å². The molecule has 2 saturated heterocycles. The first-order valence-corrected chi connectivity index (χ1v) is 12.8. The van der Waals surface area contributed by atoms with E-state index in [2.05, 4.69) is 10.2 Å². The molecular formula is C24H31N3O5S. The molecule has 0 radical (unpaired) electrons. The number of ether oxygens (including phenoxy) is 2. The zero-order valence-electron chi connectivity index (χ0n) is 18.9. The van der Waals surface area contributed by atoms with Gasteiger partial charge in [-0.15, -0.1) is 0 Å². The second-order valence-electron chi connectivity index (χ2n) is 8.33. The van der Waals surface area contributed by atoms with Crippen LogP contribution in [0.3, 0.4) is 0 Å². The first-order valence-electron chi connectivity index (χ1n) is 11.3. The number of carbonyl (C=O) groups is 1. The summed E-state index contributed by atoms with van der Waals surface area (Å²) in [4.78, 5) is 15.6. The van der Waals surface area contributed by atoms with Crippen molar-refractivity contribution in [3.05, 3.63) is 59.7 Å². The van der Waals surface area contributed by atoms with Crippen molar-refractivity contribution in [2.24, 2.45) is 0 Å². The van der Waals surface area contributed by atoms with E-state index in [9.17, 15) is 13.2 Å². The second kappa shape index (κ2) is 10.6. The molecular weight excluding hydrogens is 442 g/mol. The van der Waals surface area contributed by atoms with Gasteiger partial charge in [0.25, 0.3) is 5.91 Å². The maximum absolute atomic E-state index is 13.3. The average Bonchev–Trinajstić information content (AvgIpc) is 3.40. The molecule has 2 aromatic rings. The predicted octanol–water partition coefficient (Wildman–Crippen LogP) is 2.28. The van der Waals surface area contributed by atoms with Crippen LogP contribution in [-0.4, -0.2) is 76.6 Å². The maximum atomic E-state index is 13.3. The van der Waals surface area contributed by atoms with Crippen molar-refractivity contribution in [2.45, 2.75) is 23.8 Å². The van der Waals surface area contributed by atoms with Gasteiger partial charge in [0.1, 0.15) is 10.6 Å². The summed E-state index contributed by atoms with van der Waals surface area (Å²) in [5.41, 5.74) is 1.28. The van der Waals surface area contributed by atoms with E-state index >= 15 is 0 Å². The molecule has 1 atom stereocenters. The number of nitrogens with one attached hydrogen (secondary N) is 1. The third-order valence-corrected chi connectivity index (χ3v) is 8.08. The number of sulfonamides is 1. The number of nitrogens with zero attached hydrogens (tertiary/aromatic N) is 2. The molecule has 0 aliphatic carbocycles. The van der Waals surface area contributed by atoms with Gasteiger partial charge >= 0.3 is 0 Å². The Balaban J connectivity index is 1.59. The van der Waals surface area contributed by atoms with E-state index in [-0.39, 0.29) is 28.2 Å². The van der Waals surface area contributed by atoms with Crippen LogP contribution >= 0.6 is 0 Å². The molecule has 2 heterocycles. The van der Waals surface area contributed by atoms with Gasteiger partial charge in [0.05, 0.1) is 26.4 Å². The van der Waals surface area contributed by atoms with E-state index in [4.69, 9.17) is 9.47 Å². The summed E-state index contributed by atoms with van der Waals surface area (Å²) in [6, 6.07) is 14.2. The van der Waals surface area contributed by atoms with E-state index in [0.29, 0.717) is 32.8 Å². The second-order valence-corrected chi connectivity index (χ2v) is 10.2. The Morgan fingerprint density at radius 1 is 1.06 bits per heavy atom. The lowest BCUT2D eigenvalue weighted by molar-refractivity contribution is 0.0332. The van der Waals surface area contributed by atoms with E-state index in [1.165, 1.54) is 17.5 Å². The fourth-order valence-electron chi connectivity index (χ4n) is 4.29. The van der Waals surface area contributed by atoms with Crippen molar-refractivity contribution in [3.63, 3.8) is 0 Å². The van der Waals surface area contributed by atoms with E-state index in [1.54, 1.807) is 12.1 Å². The van der Waals surface area contributed by atoms with Gasteiger partial charge in [0.2, 0.25) is 10.0 Å². The summed E-state index contributed by atoms with van der Waals surface area (Å²) in [5.74, 6) is -0.0796. The van der Waals surface area contributed by atoms with Crippen LogP contribution in [-0.2, 0) is 14.8 Å². The molecule has 2 fully saturated rings. The molecule has 0 spiro atoms. The molecule has 0 aromatic heterocycles. The third kappa shape index (κ3) is 5.55. The number of hydrogen-bond donors (Lipinski definition) is 1. The Labute approximate surface area is 195 Å². The van der Waals surface area contributed by atoms with E-state index in [1.807, 2.05) is 30.3 Å². The molecule has 1 amide bonds. The summed E-state index contributed by atoms with van der Waals surface area (Å²) in [7, 11) is -2.30. The molecule has 0 bridgehead atoms. The Hall–Kier alpha value is -2.46. The fourth-order valence-corrected chi connectivity index (χ4v) is 5.99. The molecule has 4 rings (SSSR count). The quantitative estimate of drug-likeness (QED) is 0.633. The summed E-state index contributed by atoms with van der Waals surface area (Å²) < 4.78 is 38.6. The van der Waals surface area contributed by atoms with Crippen LogP contribution in [0, 0.1) is 0 Å². The van der Waals surface area contributed by atoms with Crippen molar-refractivity contribution in [3.8, 4) is 5.75 Å². The highest BCUT2D eigenvalue weighted by molar-refractivity contribution is 7.89. The van der Waals surface area contributed by atoms with Gasteiger partial charge in [0.15, 0.2) is 0 Å². The lowest BCUT2D eigenvalue weighted by Crippen LogP contribution is -2.43. The number of methoxy groups -OCH3 is 1. The molecule has 0 saturated carbocycles. The molecule has 2 aliphatic rings. The molecule has 2 aromatic carbocycles. The highest BCUT2D eigenvalue weighted by Gasteiger charge is 2.31. The number of benzene rings is 2. The first-order chi connectivity index (χ1) is 16.0. The number of amides is 1. The molecule has 1 N–H and O–H groups in total. The normalized spacial score (nSPS) is 18.7. The Kier molecular flexibility index (Phi) is 7.64. The highest BCUT2D eigenvalue weighted by Crippen LogP contribution is 2.30. The molecule has 178 valence electrons. The highest BCUT2D eigenvalue weighted by atomic mass is 32.2. The fraction of sp³-hybridized carbons (Fsp3) is 0.458. The topological polar surface area (TPSA) is 88.2 Å². The number of hydrogen-bond acceptors (Lipinski definition) is 6. The van der Waals surface area contributed by atoms with Crippen molar-refractivity contribution in [1.82, 2.24) is 14.5 Å². The van der Waals surface area contributed by atoms with Gasteiger partial charge in [-0.2, -0.15) is 4.31 Å². The largest absolute Gasteiger partial charge is 0.495 e. The van der Waals surface area contributed by atoms with Crippen molar-refractivity contribution < 1.29 is 22.7 Å². The smallest absolute Gasteiger partial charge is 0.251 e. The van der Waals surface area contributed by atoms with Crippen LogP contribution in [0.4, 0.5) is 0 Å².